The first kappa shape index (κ1) is 11.2. The molecule has 0 heterocycles. The van der Waals surface area contributed by atoms with Gasteiger partial charge < -0.3 is 9.84 Å². The summed E-state index contributed by atoms with van der Waals surface area (Å²) in [4.78, 5) is 20.7. The van der Waals surface area contributed by atoms with E-state index in [0.29, 0.717) is 12.5 Å². The van der Waals surface area contributed by atoms with E-state index in [1.807, 2.05) is 0 Å². The third-order valence-electron chi connectivity index (χ3n) is 0.979. The maximum atomic E-state index is 10.8. The fraction of sp³-hybridized carbons (Fsp3) is 0.111. The van der Waals surface area contributed by atoms with E-state index in [-0.39, 0.29) is 5.76 Å². The zero-order chi connectivity index (χ0) is 10.3. The van der Waals surface area contributed by atoms with Crippen LogP contribution in [0.25, 0.3) is 0 Å². The van der Waals surface area contributed by atoms with Gasteiger partial charge in [0.2, 0.25) is 0 Å². The molecule has 0 rings (SSSR count). The number of carboxylic acids is 1. The lowest BCUT2D eigenvalue weighted by Crippen LogP contribution is -2.00. The third kappa shape index (κ3) is 6.55. The Balaban J connectivity index is 3.94. The molecule has 0 unspecified atom stereocenters. The Bertz CT molecular complexity index is 263. The SMILES string of the molecule is C=CCC(=C)OC(=O)C=CC(=O)O. The first-order valence-corrected chi connectivity index (χ1v) is 3.47. The lowest BCUT2D eigenvalue weighted by Gasteiger charge is -2.00. The van der Waals surface area contributed by atoms with Crippen LogP contribution in [-0.2, 0) is 14.3 Å². The summed E-state index contributed by atoms with van der Waals surface area (Å²) in [6.07, 6.45) is 3.39. The Morgan fingerprint density at radius 3 is 2.46 bits per heavy atom. The van der Waals surface area contributed by atoms with Gasteiger partial charge in [0.05, 0.1) is 0 Å². The molecule has 0 amide bonds. The number of hydrogen-bond acceptors (Lipinski definition) is 3. The molecule has 0 spiro atoms. The Kier molecular flexibility index (Phi) is 4.95. The van der Waals surface area contributed by atoms with Crippen LogP contribution in [0, 0.1) is 0 Å². The molecule has 0 aliphatic heterocycles. The van der Waals surface area contributed by atoms with E-state index >= 15 is 0 Å². The minimum Gasteiger partial charge on any atom is -0.478 e. The van der Waals surface area contributed by atoms with Crippen LogP contribution in [0.5, 0.6) is 0 Å². The van der Waals surface area contributed by atoms with Gasteiger partial charge in [-0.25, -0.2) is 9.59 Å². The van der Waals surface area contributed by atoms with Crippen LogP contribution >= 0.6 is 0 Å². The summed E-state index contributed by atoms with van der Waals surface area (Å²) >= 11 is 0. The lowest BCUT2D eigenvalue weighted by molar-refractivity contribution is -0.135. The van der Waals surface area contributed by atoms with Crippen molar-refractivity contribution in [1.82, 2.24) is 0 Å². The van der Waals surface area contributed by atoms with Crippen molar-refractivity contribution in [3.05, 3.63) is 37.1 Å². The van der Waals surface area contributed by atoms with Gasteiger partial charge in [0.1, 0.15) is 5.76 Å². The van der Waals surface area contributed by atoms with Crippen LogP contribution in [-0.4, -0.2) is 17.0 Å². The van der Waals surface area contributed by atoms with Crippen molar-refractivity contribution < 1.29 is 19.4 Å². The van der Waals surface area contributed by atoms with Gasteiger partial charge in [-0.05, 0) is 0 Å². The average molecular weight is 182 g/mol. The Morgan fingerprint density at radius 1 is 1.38 bits per heavy atom. The van der Waals surface area contributed by atoms with Crippen molar-refractivity contribution >= 4 is 11.9 Å². The predicted molar refractivity (Wildman–Crippen MR) is 46.8 cm³/mol. The molecule has 0 saturated carbocycles. The Morgan fingerprint density at radius 2 is 2.00 bits per heavy atom. The fourth-order valence-electron chi connectivity index (χ4n) is 0.518. The zero-order valence-electron chi connectivity index (χ0n) is 7.03. The molecule has 1 N–H and O–H groups in total. The molecule has 4 heteroatoms. The van der Waals surface area contributed by atoms with Crippen LogP contribution in [0.2, 0.25) is 0 Å². The highest BCUT2D eigenvalue weighted by Gasteiger charge is 2.00. The second-order valence-corrected chi connectivity index (χ2v) is 2.12. The zero-order valence-corrected chi connectivity index (χ0v) is 7.03. The van der Waals surface area contributed by atoms with Gasteiger partial charge in [0, 0.05) is 18.6 Å². The maximum absolute atomic E-state index is 10.8. The number of carbonyl (C=O) groups excluding carboxylic acids is 1. The minimum absolute atomic E-state index is 0.232. The van der Waals surface area contributed by atoms with Crippen molar-refractivity contribution in [2.75, 3.05) is 0 Å². The van der Waals surface area contributed by atoms with E-state index < -0.39 is 11.9 Å². The molecule has 0 radical (unpaired) electrons. The highest BCUT2D eigenvalue weighted by atomic mass is 16.5. The summed E-state index contributed by atoms with van der Waals surface area (Å²) in [5, 5.41) is 8.17. The van der Waals surface area contributed by atoms with Crippen LogP contribution in [0.3, 0.4) is 0 Å². The van der Waals surface area contributed by atoms with Crippen molar-refractivity contribution in [3.8, 4) is 0 Å². The monoisotopic (exact) mass is 182 g/mol. The van der Waals surface area contributed by atoms with Gasteiger partial charge in [-0.15, -0.1) is 6.58 Å². The molecule has 0 atom stereocenters. The number of carbonyl (C=O) groups is 2. The molecule has 70 valence electrons. The highest BCUT2D eigenvalue weighted by Crippen LogP contribution is 2.01. The Labute approximate surface area is 75.8 Å². The fourth-order valence-corrected chi connectivity index (χ4v) is 0.518. The molecule has 13 heavy (non-hydrogen) atoms. The van der Waals surface area contributed by atoms with Crippen molar-refractivity contribution in [2.24, 2.45) is 0 Å². The van der Waals surface area contributed by atoms with E-state index in [4.69, 9.17) is 5.11 Å². The number of allylic oxidation sites excluding steroid dienone is 1. The van der Waals surface area contributed by atoms with Crippen LogP contribution in [0.1, 0.15) is 6.42 Å². The van der Waals surface area contributed by atoms with Gasteiger partial charge in [0.25, 0.3) is 0 Å². The lowest BCUT2D eigenvalue weighted by atomic mass is 10.4. The molecule has 4 nitrogen and oxygen atoms in total. The van der Waals surface area contributed by atoms with Gasteiger partial charge in [0.15, 0.2) is 0 Å². The standard InChI is InChI=1S/C9H10O4/c1-3-4-7(2)13-9(12)6-5-8(10)11/h3,5-6H,1-2,4H2,(H,10,11). The number of hydrogen-bond donors (Lipinski definition) is 1. The quantitative estimate of drug-likeness (QED) is 0.301. The van der Waals surface area contributed by atoms with Gasteiger partial charge >= 0.3 is 11.9 Å². The molecule has 0 aliphatic rings. The van der Waals surface area contributed by atoms with Crippen molar-refractivity contribution in [3.63, 3.8) is 0 Å². The highest BCUT2D eigenvalue weighted by molar-refractivity contribution is 5.91. The third-order valence-corrected chi connectivity index (χ3v) is 0.979. The Hall–Kier alpha value is -1.84. The summed E-state index contributed by atoms with van der Waals surface area (Å²) in [6.45, 7) is 6.83. The second kappa shape index (κ2) is 5.77. The summed E-state index contributed by atoms with van der Waals surface area (Å²) < 4.78 is 4.59. The smallest absolute Gasteiger partial charge is 0.336 e. The van der Waals surface area contributed by atoms with E-state index in [1.54, 1.807) is 0 Å². The van der Waals surface area contributed by atoms with E-state index in [1.165, 1.54) is 6.08 Å². The molecule has 0 bridgehead atoms. The van der Waals surface area contributed by atoms with Gasteiger partial charge in [-0.1, -0.05) is 12.7 Å². The topological polar surface area (TPSA) is 63.6 Å². The number of carboxylic acid groups (broad SMARTS) is 1. The molecule has 0 aliphatic carbocycles. The summed E-state index contributed by atoms with van der Waals surface area (Å²) in [7, 11) is 0. The first-order chi connectivity index (χ1) is 6.06. The number of rotatable bonds is 5. The van der Waals surface area contributed by atoms with E-state index in [0.717, 1.165) is 6.08 Å². The largest absolute Gasteiger partial charge is 0.478 e. The molecule has 0 aromatic carbocycles. The van der Waals surface area contributed by atoms with E-state index in [2.05, 4.69) is 17.9 Å². The number of ether oxygens (including phenoxy) is 1. The molecular formula is C9H10O4. The maximum Gasteiger partial charge on any atom is 0.336 e. The molecule has 0 aromatic rings. The van der Waals surface area contributed by atoms with Gasteiger partial charge in [-0.2, -0.15) is 0 Å². The molecule has 0 aromatic heterocycles. The second-order valence-electron chi connectivity index (χ2n) is 2.12. The first-order valence-electron chi connectivity index (χ1n) is 3.47. The van der Waals surface area contributed by atoms with Crippen molar-refractivity contribution in [1.29, 1.82) is 0 Å². The summed E-state index contributed by atoms with van der Waals surface area (Å²) in [6, 6.07) is 0. The number of esters is 1. The molecular weight excluding hydrogens is 172 g/mol. The van der Waals surface area contributed by atoms with Crippen LogP contribution in [0.15, 0.2) is 37.1 Å². The van der Waals surface area contributed by atoms with Crippen LogP contribution in [0.4, 0.5) is 0 Å². The summed E-state index contributed by atoms with van der Waals surface area (Å²) in [5.74, 6) is -1.73. The minimum atomic E-state index is -1.20. The normalized spacial score (nSPS) is 9.54. The van der Waals surface area contributed by atoms with Crippen LogP contribution < -0.4 is 0 Å². The average Bonchev–Trinajstić information content (AvgIpc) is 2.01. The number of aliphatic carboxylic acids is 1. The molecule has 0 fully saturated rings. The van der Waals surface area contributed by atoms with E-state index in [9.17, 15) is 9.59 Å². The summed E-state index contributed by atoms with van der Waals surface area (Å²) in [5.41, 5.74) is 0. The van der Waals surface area contributed by atoms with Gasteiger partial charge in [-0.3, -0.25) is 0 Å². The molecule has 0 saturated heterocycles. The van der Waals surface area contributed by atoms with Crippen molar-refractivity contribution in [2.45, 2.75) is 6.42 Å². The predicted octanol–water partition coefficient (Wildman–Crippen LogP) is 1.26.